The molecule has 1 unspecified atom stereocenters. The number of β-amino-alcohol motifs (C(OH)–C–C–N with tert-alkyl or cyclic N) is 1. The van der Waals surface area contributed by atoms with Crippen molar-refractivity contribution in [3.05, 3.63) is 88.4 Å². The zero-order valence-electron chi connectivity index (χ0n) is 17.3. The molecule has 32 heavy (non-hydrogen) atoms. The van der Waals surface area contributed by atoms with Gasteiger partial charge >= 0.3 is 6.18 Å². The smallest absolute Gasteiger partial charge is 0.416 e. The molecule has 0 saturated carbocycles. The minimum atomic E-state index is -4.44. The van der Waals surface area contributed by atoms with Crippen LogP contribution in [0.4, 0.5) is 13.2 Å². The molecule has 0 bridgehead atoms. The Hall–Kier alpha value is -2.54. The number of aliphatic hydroxyl groups is 1. The second kappa shape index (κ2) is 9.53. The molecule has 3 aromatic rings. The summed E-state index contributed by atoms with van der Waals surface area (Å²) in [5, 5.41) is 10.5. The molecule has 1 N–H and O–H groups in total. The molecule has 0 spiro atoms. The third kappa shape index (κ3) is 5.44. The van der Waals surface area contributed by atoms with E-state index in [-0.39, 0.29) is 11.6 Å². The Kier molecular flexibility index (Phi) is 6.74. The normalized spacial score (nSPS) is 15.3. The molecule has 7 heteroatoms. The summed E-state index contributed by atoms with van der Waals surface area (Å²) < 4.78 is 44.4. The standard InChI is InChI=1S/C25H23ClF3NO2/c26-24-13-20(25(27,28)29)8-9-23(24)18-6-3-7-22(12-18)32-16-21(31)15-30-11-10-17-4-1-2-5-19(17)14-30/h1-9,12-13,21,31H,10-11,14-16H2. The van der Waals surface area contributed by atoms with Crippen molar-refractivity contribution in [1.29, 1.82) is 0 Å². The van der Waals surface area contributed by atoms with Crippen molar-refractivity contribution < 1.29 is 23.0 Å². The lowest BCUT2D eigenvalue weighted by Crippen LogP contribution is -2.38. The first kappa shape index (κ1) is 22.6. The van der Waals surface area contributed by atoms with Crippen LogP contribution in [-0.2, 0) is 19.1 Å². The number of hydrogen-bond donors (Lipinski definition) is 1. The number of ether oxygens (including phenoxy) is 1. The van der Waals surface area contributed by atoms with Crippen LogP contribution in [0.25, 0.3) is 11.1 Å². The first-order valence-electron chi connectivity index (χ1n) is 10.4. The number of alkyl halides is 3. The van der Waals surface area contributed by atoms with Crippen molar-refractivity contribution in [1.82, 2.24) is 4.90 Å². The van der Waals surface area contributed by atoms with E-state index < -0.39 is 17.8 Å². The molecule has 168 valence electrons. The first-order chi connectivity index (χ1) is 15.3. The minimum absolute atomic E-state index is 0.0161. The van der Waals surface area contributed by atoms with Crippen LogP contribution >= 0.6 is 11.6 Å². The number of benzene rings is 3. The van der Waals surface area contributed by atoms with Gasteiger partial charge in [-0.15, -0.1) is 0 Å². The number of nitrogens with zero attached hydrogens (tertiary/aromatic N) is 1. The van der Waals surface area contributed by atoms with Crippen LogP contribution in [0.15, 0.2) is 66.7 Å². The largest absolute Gasteiger partial charge is 0.491 e. The molecule has 0 fully saturated rings. The topological polar surface area (TPSA) is 32.7 Å². The number of rotatable bonds is 6. The van der Waals surface area contributed by atoms with Crippen LogP contribution in [0.1, 0.15) is 16.7 Å². The Morgan fingerprint density at radius 3 is 2.53 bits per heavy atom. The maximum absolute atomic E-state index is 12.9. The number of fused-ring (bicyclic) bond motifs is 1. The van der Waals surface area contributed by atoms with Crippen LogP contribution in [0.2, 0.25) is 5.02 Å². The average Bonchev–Trinajstić information content (AvgIpc) is 2.77. The van der Waals surface area contributed by atoms with Gasteiger partial charge in [-0.25, -0.2) is 0 Å². The Balaban J connectivity index is 1.36. The van der Waals surface area contributed by atoms with Crippen LogP contribution in [0, 0.1) is 0 Å². The average molecular weight is 462 g/mol. The minimum Gasteiger partial charge on any atom is -0.491 e. The predicted molar refractivity (Wildman–Crippen MR) is 119 cm³/mol. The quantitative estimate of drug-likeness (QED) is 0.501. The summed E-state index contributed by atoms with van der Waals surface area (Å²) >= 11 is 6.11. The Morgan fingerprint density at radius 1 is 1.00 bits per heavy atom. The second-order valence-electron chi connectivity index (χ2n) is 7.94. The molecular weight excluding hydrogens is 439 g/mol. The van der Waals surface area contributed by atoms with E-state index in [1.807, 2.05) is 12.1 Å². The monoisotopic (exact) mass is 461 g/mol. The molecule has 0 radical (unpaired) electrons. The van der Waals surface area contributed by atoms with Crippen molar-refractivity contribution in [3.63, 3.8) is 0 Å². The van der Waals surface area contributed by atoms with Crippen LogP contribution < -0.4 is 4.74 Å². The molecule has 3 aromatic carbocycles. The van der Waals surface area contributed by atoms with E-state index in [9.17, 15) is 18.3 Å². The summed E-state index contributed by atoms with van der Waals surface area (Å²) in [6.07, 6.45) is -4.15. The third-order valence-electron chi connectivity index (χ3n) is 5.56. The maximum Gasteiger partial charge on any atom is 0.416 e. The van der Waals surface area contributed by atoms with Crippen molar-refractivity contribution >= 4 is 11.6 Å². The van der Waals surface area contributed by atoms with Crippen LogP contribution in [0.5, 0.6) is 5.75 Å². The van der Waals surface area contributed by atoms with E-state index >= 15 is 0 Å². The molecule has 3 nitrogen and oxygen atoms in total. The zero-order chi connectivity index (χ0) is 22.7. The first-order valence-corrected chi connectivity index (χ1v) is 10.7. The van der Waals surface area contributed by atoms with Gasteiger partial charge in [-0.05, 0) is 47.4 Å². The fraction of sp³-hybridized carbons (Fsp3) is 0.280. The molecular formula is C25H23ClF3NO2. The zero-order valence-corrected chi connectivity index (χ0v) is 18.0. The van der Waals surface area contributed by atoms with Gasteiger partial charge in [0.2, 0.25) is 0 Å². The van der Waals surface area contributed by atoms with Crippen molar-refractivity contribution in [2.24, 2.45) is 0 Å². The number of hydrogen-bond acceptors (Lipinski definition) is 3. The van der Waals surface area contributed by atoms with Gasteiger partial charge in [-0.2, -0.15) is 13.2 Å². The van der Waals surface area contributed by atoms with Gasteiger partial charge in [-0.1, -0.05) is 54.1 Å². The fourth-order valence-electron chi connectivity index (χ4n) is 3.93. The Morgan fingerprint density at radius 2 is 1.78 bits per heavy atom. The highest BCUT2D eigenvalue weighted by molar-refractivity contribution is 6.33. The van der Waals surface area contributed by atoms with Crippen molar-refractivity contribution in [2.75, 3.05) is 19.7 Å². The van der Waals surface area contributed by atoms with Crippen molar-refractivity contribution in [3.8, 4) is 16.9 Å². The van der Waals surface area contributed by atoms with E-state index in [0.717, 1.165) is 31.6 Å². The molecule has 0 aromatic heterocycles. The second-order valence-corrected chi connectivity index (χ2v) is 8.35. The molecule has 1 atom stereocenters. The van der Waals surface area contributed by atoms with Crippen molar-refractivity contribution in [2.45, 2.75) is 25.2 Å². The SMILES string of the molecule is OC(COc1cccc(-c2ccc(C(F)(F)F)cc2Cl)c1)CN1CCc2ccccc2C1. The van der Waals surface area contributed by atoms with E-state index in [1.165, 1.54) is 17.2 Å². The highest BCUT2D eigenvalue weighted by Crippen LogP contribution is 2.36. The lowest BCUT2D eigenvalue weighted by atomic mass is 10.00. The molecule has 1 aliphatic rings. The predicted octanol–water partition coefficient (Wildman–Crippen LogP) is 5.82. The van der Waals surface area contributed by atoms with E-state index in [2.05, 4.69) is 17.0 Å². The highest BCUT2D eigenvalue weighted by atomic mass is 35.5. The highest BCUT2D eigenvalue weighted by Gasteiger charge is 2.31. The van der Waals surface area contributed by atoms with Gasteiger partial charge in [0.05, 0.1) is 5.56 Å². The van der Waals surface area contributed by atoms with Gasteiger partial charge in [0.25, 0.3) is 0 Å². The number of halogens is 4. The number of aliphatic hydroxyl groups excluding tert-OH is 1. The van der Waals surface area contributed by atoms with Crippen LogP contribution in [0.3, 0.4) is 0 Å². The summed E-state index contributed by atoms with van der Waals surface area (Å²) in [5.74, 6) is 0.515. The molecule has 0 saturated heterocycles. The lowest BCUT2D eigenvalue weighted by molar-refractivity contribution is -0.137. The molecule has 4 rings (SSSR count). The summed E-state index contributed by atoms with van der Waals surface area (Å²) in [7, 11) is 0. The maximum atomic E-state index is 12.9. The van der Waals surface area contributed by atoms with Gasteiger partial charge in [0.1, 0.15) is 18.5 Å². The summed E-state index contributed by atoms with van der Waals surface area (Å²) in [6.45, 7) is 2.30. The fourth-order valence-corrected chi connectivity index (χ4v) is 4.22. The van der Waals surface area contributed by atoms with E-state index in [1.54, 1.807) is 24.3 Å². The molecule has 1 heterocycles. The van der Waals surface area contributed by atoms with Gasteiger partial charge < -0.3 is 9.84 Å². The van der Waals surface area contributed by atoms with E-state index in [4.69, 9.17) is 16.3 Å². The lowest BCUT2D eigenvalue weighted by Gasteiger charge is -2.30. The Bertz CT molecular complexity index is 1090. The van der Waals surface area contributed by atoms with E-state index in [0.29, 0.717) is 23.4 Å². The molecule has 0 amide bonds. The Labute approximate surface area is 190 Å². The third-order valence-corrected chi connectivity index (χ3v) is 5.88. The van der Waals surface area contributed by atoms with Gasteiger partial charge in [-0.3, -0.25) is 4.90 Å². The molecule has 0 aliphatic carbocycles. The summed E-state index contributed by atoms with van der Waals surface area (Å²) in [4.78, 5) is 2.20. The summed E-state index contributed by atoms with van der Waals surface area (Å²) in [5.41, 5.74) is 2.98. The van der Waals surface area contributed by atoms with Gasteiger partial charge in [0.15, 0.2) is 0 Å². The van der Waals surface area contributed by atoms with Crippen LogP contribution in [-0.4, -0.2) is 35.8 Å². The molecule has 1 aliphatic heterocycles. The summed E-state index contributed by atoms with van der Waals surface area (Å²) in [6, 6.07) is 18.6. The van der Waals surface area contributed by atoms with Gasteiger partial charge in [0, 0.05) is 30.2 Å².